The van der Waals surface area contributed by atoms with Gasteiger partial charge in [0.15, 0.2) is 5.75 Å². The quantitative estimate of drug-likeness (QED) is 0.241. The molecule has 0 radical (unpaired) electrons. The number of aromatic nitrogens is 2. The molecule has 12 heteroatoms. The highest BCUT2D eigenvalue weighted by atomic mass is 32.2. The summed E-state index contributed by atoms with van der Waals surface area (Å²) in [5.41, 5.74) is 5.13. The first-order chi connectivity index (χ1) is 20.7. The first kappa shape index (κ1) is 30.7. The normalized spacial score (nSPS) is 15.0. The summed E-state index contributed by atoms with van der Waals surface area (Å²) in [6, 6.07) is 18.7. The molecule has 11 nitrogen and oxygen atoms in total. The van der Waals surface area contributed by atoms with E-state index in [4.69, 9.17) is 4.74 Å². The zero-order valence-corrected chi connectivity index (χ0v) is 26.7. The van der Waals surface area contributed by atoms with Gasteiger partial charge in [0.1, 0.15) is 11.9 Å². The number of methoxy groups -OCH3 is 1. The zero-order chi connectivity index (χ0) is 31.8. The van der Waals surface area contributed by atoms with E-state index in [0.717, 1.165) is 40.2 Å². The maximum Gasteiger partial charge on any atom is 0.255 e. The number of imidazole rings is 1. The van der Waals surface area contributed by atoms with Crippen molar-refractivity contribution in [1.29, 1.82) is 0 Å². The average Bonchev–Trinajstić information content (AvgIpc) is 3.59. The molecule has 0 bridgehead atoms. The summed E-state index contributed by atoms with van der Waals surface area (Å²) in [7, 11) is -0.202. The highest BCUT2D eigenvalue weighted by molar-refractivity contribution is 7.92. The van der Waals surface area contributed by atoms with E-state index in [-0.39, 0.29) is 28.8 Å². The highest BCUT2D eigenvalue weighted by Gasteiger charge is 2.28. The number of benzene rings is 3. The molecule has 2 heterocycles. The number of anilines is 3. The molecule has 230 valence electrons. The van der Waals surface area contributed by atoms with Gasteiger partial charge in [0.05, 0.1) is 48.9 Å². The van der Waals surface area contributed by atoms with Gasteiger partial charge in [-0.25, -0.2) is 18.4 Å². The van der Waals surface area contributed by atoms with Crippen molar-refractivity contribution < 1.29 is 17.9 Å². The maximum absolute atomic E-state index is 13.6. The number of rotatable bonds is 8. The minimum Gasteiger partial charge on any atom is -0.492 e. The first-order valence-electron chi connectivity index (χ1n) is 14.1. The molecule has 1 aliphatic heterocycles. The molecule has 0 aliphatic carbocycles. The Morgan fingerprint density at radius 3 is 2.41 bits per heavy atom. The fourth-order valence-corrected chi connectivity index (χ4v) is 5.67. The minimum atomic E-state index is -3.60. The van der Waals surface area contributed by atoms with Crippen LogP contribution in [0.3, 0.4) is 0 Å². The Hall–Kier alpha value is -4.71. The molecule has 1 atom stereocenters. The number of aryl methyl sites for hydroxylation is 1. The Kier molecular flexibility index (Phi) is 8.21. The molecule has 0 saturated carbocycles. The SMILES string of the molecule is COc1c(NC(=O)c2ccc(C)c(N3CC(c4cnc(-c5ccccc5)n4C)N=N3)c2)cc(C(C)(C)C)cc1NS(C)(=O)=O. The van der Waals surface area contributed by atoms with E-state index in [1.807, 2.05) is 81.9 Å². The van der Waals surface area contributed by atoms with Gasteiger partial charge in [-0.1, -0.05) is 62.4 Å². The molecule has 4 aromatic rings. The standard InChI is InChI=1S/C32H37N7O4S/c1-20-13-14-22(31(40)34-24-16-23(32(2,3)4)17-25(29(24)43-6)36-44(7,41)42)15-27(20)39-19-26(35-37-39)28-18-33-30(38(28)5)21-11-9-8-10-12-21/h8-18,26,36H,19H2,1-7H3,(H,34,40). The van der Waals surface area contributed by atoms with Crippen molar-refractivity contribution in [3.63, 3.8) is 0 Å². The second-order valence-electron chi connectivity index (χ2n) is 11.9. The number of sulfonamides is 1. The minimum absolute atomic E-state index is 0.214. The van der Waals surface area contributed by atoms with Crippen LogP contribution < -0.4 is 19.8 Å². The van der Waals surface area contributed by atoms with E-state index in [0.29, 0.717) is 17.8 Å². The van der Waals surface area contributed by atoms with Crippen molar-refractivity contribution in [2.45, 2.75) is 39.2 Å². The van der Waals surface area contributed by atoms with E-state index in [9.17, 15) is 13.2 Å². The van der Waals surface area contributed by atoms with E-state index < -0.39 is 10.0 Å². The third kappa shape index (κ3) is 6.45. The van der Waals surface area contributed by atoms with Crippen molar-refractivity contribution in [3.8, 4) is 17.1 Å². The number of carbonyl (C=O) groups is 1. The van der Waals surface area contributed by atoms with Crippen LogP contribution in [0.2, 0.25) is 0 Å². The van der Waals surface area contributed by atoms with E-state index in [2.05, 4.69) is 25.4 Å². The van der Waals surface area contributed by atoms with Gasteiger partial charge >= 0.3 is 0 Å². The Morgan fingerprint density at radius 1 is 1.05 bits per heavy atom. The number of amides is 1. The van der Waals surface area contributed by atoms with Crippen LogP contribution in [0.4, 0.5) is 17.1 Å². The molecule has 5 rings (SSSR count). The Morgan fingerprint density at radius 2 is 1.75 bits per heavy atom. The molecule has 3 aromatic carbocycles. The summed E-state index contributed by atoms with van der Waals surface area (Å²) in [6.07, 6.45) is 2.90. The molecule has 44 heavy (non-hydrogen) atoms. The number of ether oxygens (including phenoxy) is 1. The van der Waals surface area contributed by atoms with Gasteiger partial charge in [-0.15, -0.1) is 0 Å². The van der Waals surface area contributed by atoms with Crippen molar-refractivity contribution in [3.05, 3.63) is 89.2 Å². The van der Waals surface area contributed by atoms with Gasteiger partial charge < -0.3 is 14.6 Å². The topological polar surface area (TPSA) is 130 Å². The average molecular weight is 616 g/mol. The summed E-state index contributed by atoms with van der Waals surface area (Å²) in [5, 5.41) is 13.7. The van der Waals surface area contributed by atoms with Gasteiger partial charge in [-0.05, 0) is 47.7 Å². The first-order valence-corrected chi connectivity index (χ1v) is 16.0. The molecular weight excluding hydrogens is 578 g/mol. The molecule has 1 amide bonds. The van der Waals surface area contributed by atoms with Crippen LogP contribution >= 0.6 is 0 Å². The van der Waals surface area contributed by atoms with E-state index in [1.165, 1.54) is 7.11 Å². The second kappa shape index (κ2) is 11.8. The molecule has 0 fully saturated rings. The summed E-state index contributed by atoms with van der Waals surface area (Å²) < 4.78 is 34.3. The lowest BCUT2D eigenvalue weighted by Crippen LogP contribution is -2.20. The summed E-state index contributed by atoms with van der Waals surface area (Å²) >= 11 is 0. The van der Waals surface area contributed by atoms with Crippen LogP contribution in [-0.4, -0.2) is 43.8 Å². The summed E-state index contributed by atoms with van der Waals surface area (Å²) in [5.74, 6) is 0.684. The number of hydrogen-bond donors (Lipinski definition) is 2. The number of carbonyl (C=O) groups excluding carboxylic acids is 1. The number of hydrogen-bond acceptors (Lipinski definition) is 8. The lowest BCUT2D eigenvalue weighted by atomic mass is 9.86. The fraction of sp³-hybridized carbons (Fsp3) is 0.312. The lowest BCUT2D eigenvalue weighted by Gasteiger charge is -2.24. The molecular formula is C32H37N7O4S. The van der Waals surface area contributed by atoms with Gasteiger partial charge in [-0.3, -0.25) is 9.52 Å². The van der Waals surface area contributed by atoms with Crippen LogP contribution in [0.15, 0.2) is 77.2 Å². The predicted molar refractivity (Wildman–Crippen MR) is 173 cm³/mol. The molecule has 1 aliphatic rings. The summed E-state index contributed by atoms with van der Waals surface area (Å²) in [4.78, 5) is 18.2. The molecule has 0 saturated heterocycles. The van der Waals surface area contributed by atoms with Crippen LogP contribution in [0.1, 0.15) is 54.0 Å². The smallest absolute Gasteiger partial charge is 0.255 e. The second-order valence-corrected chi connectivity index (χ2v) is 13.7. The lowest BCUT2D eigenvalue weighted by molar-refractivity contribution is 0.102. The van der Waals surface area contributed by atoms with Gasteiger partial charge in [0.2, 0.25) is 10.0 Å². The molecule has 1 unspecified atom stereocenters. The van der Waals surface area contributed by atoms with Gasteiger partial charge in [0.25, 0.3) is 5.91 Å². The van der Waals surface area contributed by atoms with Crippen LogP contribution in [-0.2, 0) is 22.5 Å². The van der Waals surface area contributed by atoms with E-state index in [1.54, 1.807) is 29.3 Å². The van der Waals surface area contributed by atoms with Crippen LogP contribution in [0, 0.1) is 6.92 Å². The van der Waals surface area contributed by atoms with E-state index >= 15 is 0 Å². The zero-order valence-electron chi connectivity index (χ0n) is 25.9. The van der Waals surface area contributed by atoms with Crippen molar-refractivity contribution in [2.24, 2.45) is 17.4 Å². The number of nitrogens with one attached hydrogen (secondary N) is 2. The van der Waals surface area contributed by atoms with Crippen molar-refractivity contribution in [2.75, 3.05) is 35.0 Å². The Balaban J connectivity index is 1.40. The molecule has 0 spiro atoms. The largest absolute Gasteiger partial charge is 0.492 e. The monoisotopic (exact) mass is 615 g/mol. The molecule has 1 aromatic heterocycles. The van der Waals surface area contributed by atoms with Crippen LogP contribution in [0.25, 0.3) is 11.4 Å². The maximum atomic E-state index is 13.6. The molecule has 2 N–H and O–H groups in total. The highest BCUT2D eigenvalue weighted by Crippen LogP contribution is 2.40. The van der Waals surface area contributed by atoms with Gasteiger partial charge in [0, 0.05) is 18.2 Å². The third-order valence-corrected chi connectivity index (χ3v) is 8.09. The third-order valence-electron chi connectivity index (χ3n) is 7.49. The predicted octanol–water partition coefficient (Wildman–Crippen LogP) is 6.25. The Labute approximate surface area is 258 Å². The fourth-order valence-electron chi connectivity index (χ4n) is 5.12. The summed E-state index contributed by atoms with van der Waals surface area (Å²) in [6.45, 7) is 8.45. The van der Waals surface area contributed by atoms with Crippen LogP contribution in [0.5, 0.6) is 5.75 Å². The van der Waals surface area contributed by atoms with Gasteiger partial charge in [-0.2, -0.15) is 5.11 Å². The van der Waals surface area contributed by atoms with Crippen molar-refractivity contribution >= 4 is 33.0 Å². The van der Waals surface area contributed by atoms with Crippen molar-refractivity contribution in [1.82, 2.24) is 9.55 Å². The number of nitrogens with zero attached hydrogens (tertiary/aromatic N) is 5. The Bertz CT molecular complexity index is 1840.